The Morgan fingerprint density at radius 1 is 1.27 bits per heavy atom. The van der Waals surface area contributed by atoms with Gasteiger partial charge in [0.2, 0.25) is 0 Å². The Balaban J connectivity index is 1.35. The van der Waals surface area contributed by atoms with Gasteiger partial charge in [-0.1, -0.05) is 35.5 Å². The van der Waals surface area contributed by atoms with Crippen molar-refractivity contribution in [1.82, 2.24) is 20.0 Å². The van der Waals surface area contributed by atoms with Crippen LogP contribution in [-0.2, 0) is 18.3 Å². The highest BCUT2D eigenvalue weighted by Gasteiger charge is 2.29. The second kappa shape index (κ2) is 7.85. The average molecular weight is 352 g/mol. The van der Waals surface area contributed by atoms with Crippen LogP contribution in [0.15, 0.2) is 53.3 Å². The number of ether oxygens (including phenoxy) is 1. The molecule has 1 aromatic carbocycles. The lowest BCUT2D eigenvalue weighted by Crippen LogP contribution is -2.33. The molecule has 0 unspecified atom stereocenters. The van der Waals surface area contributed by atoms with Crippen molar-refractivity contribution in [2.24, 2.45) is 13.0 Å². The van der Waals surface area contributed by atoms with E-state index >= 15 is 0 Å². The van der Waals surface area contributed by atoms with Gasteiger partial charge in [0.05, 0.1) is 5.69 Å². The lowest BCUT2D eigenvalue weighted by Gasteiger charge is -2.31. The fourth-order valence-corrected chi connectivity index (χ4v) is 3.51. The molecule has 0 amide bonds. The quantitative estimate of drug-likeness (QED) is 0.737. The smallest absolute Gasteiger partial charge is 0.167 e. The number of aryl methyl sites for hydroxylation is 1. The van der Waals surface area contributed by atoms with Crippen molar-refractivity contribution in [3.8, 4) is 11.3 Å². The van der Waals surface area contributed by atoms with E-state index in [0.29, 0.717) is 12.5 Å². The van der Waals surface area contributed by atoms with Crippen LogP contribution in [0.5, 0.6) is 0 Å². The van der Waals surface area contributed by atoms with Crippen molar-refractivity contribution in [2.75, 3.05) is 13.2 Å². The molecule has 2 atom stereocenters. The highest BCUT2D eigenvalue weighted by molar-refractivity contribution is 5.56. The molecule has 3 aromatic rings. The first-order valence-corrected chi connectivity index (χ1v) is 9.12. The van der Waals surface area contributed by atoms with Gasteiger partial charge in [-0.25, -0.2) is 4.98 Å². The maximum Gasteiger partial charge on any atom is 0.167 e. The molecule has 6 heteroatoms. The lowest BCUT2D eigenvalue weighted by molar-refractivity contribution is -0.0344. The number of hydrogen-bond donors (Lipinski definition) is 1. The summed E-state index contributed by atoms with van der Waals surface area (Å²) in [6, 6.07) is 12.0. The van der Waals surface area contributed by atoms with Gasteiger partial charge in [0.25, 0.3) is 0 Å². The zero-order chi connectivity index (χ0) is 17.8. The van der Waals surface area contributed by atoms with Crippen molar-refractivity contribution in [3.05, 3.63) is 60.3 Å². The van der Waals surface area contributed by atoms with Crippen molar-refractivity contribution in [1.29, 1.82) is 0 Å². The fourth-order valence-electron chi connectivity index (χ4n) is 3.51. The van der Waals surface area contributed by atoms with E-state index in [1.165, 1.54) is 0 Å². The van der Waals surface area contributed by atoms with Gasteiger partial charge in [-0.05, 0) is 12.8 Å². The van der Waals surface area contributed by atoms with Crippen molar-refractivity contribution in [2.45, 2.75) is 25.5 Å². The van der Waals surface area contributed by atoms with Gasteiger partial charge in [-0.2, -0.15) is 0 Å². The molecule has 136 valence electrons. The van der Waals surface area contributed by atoms with E-state index in [2.05, 4.69) is 15.5 Å². The number of hydrogen-bond acceptors (Lipinski definition) is 5. The van der Waals surface area contributed by atoms with Crippen LogP contribution < -0.4 is 5.32 Å². The maximum atomic E-state index is 6.02. The monoisotopic (exact) mass is 352 g/mol. The molecule has 1 aliphatic heterocycles. The highest BCUT2D eigenvalue weighted by atomic mass is 16.5. The maximum absolute atomic E-state index is 6.02. The van der Waals surface area contributed by atoms with Crippen LogP contribution in [0, 0.1) is 5.92 Å². The van der Waals surface area contributed by atoms with Crippen LogP contribution in [-0.4, -0.2) is 27.9 Å². The van der Waals surface area contributed by atoms with Gasteiger partial charge in [0.1, 0.15) is 11.9 Å². The summed E-state index contributed by atoms with van der Waals surface area (Å²) < 4.78 is 13.5. The molecular formula is C20H24N4O2. The second-order valence-electron chi connectivity index (χ2n) is 6.77. The van der Waals surface area contributed by atoms with Crippen LogP contribution >= 0.6 is 0 Å². The third kappa shape index (κ3) is 3.71. The zero-order valence-corrected chi connectivity index (χ0v) is 15.0. The molecule has 3 heterocycles. The Hall–Kier alpha value is -2.44. The number of nitrogens with one attached hydrogen (secondary N) is 1. The summed E-state index contributed by atoms with van der Waals surface area (Å²) in [5.41, 5.74) is 1.95. The van der Waals surface area contributed by atoms with Gasteiger partial charge in [0.15, 0.2) is 5.76 Å². The Bertz CT molecular complexity index is 827. The standard InChI is InChI=1S/C20H24N4O2/c1-24-10-9-22-20(24)19-16(8-5-11-25-19)13-21-14-17-12-18(26-23-17)15-6-3-2-4-7-15/h2-4,6-7,9-10,12,16,19,21H,5,8,11,13-14H2,1H3/t16-,19+/m0/s1. The third-order valence-corrected chi connectivity index (χ3v) is 4.89. The van der Waals surface area contributed by atoms with Crippen LogP contribution in [0.2, 0.25) is 0 Å². The van der Waals surface area contributed by atoms with Crippen LogP contribution in [0.25, 0.3) is 11.3 Å². The van der Waals surface area contributed by atoms with Crippen LogP contribution in [0.4, 0.5) is 0 Å². The molecule has 0 radical (unpaired) electrons. The molecule has 6 nitrogen and oxygen atoms in total. The van der Waals surface area contributed by atoms with E-state index in [1.54, 1.807) is 0 Å². The molecule has 1 aliphatic rings. The van der Waals surface area contributed by atoms with E-state index in [1.807, 2.05) is 60.4 Å². The molecule has 0 spiro atoms. The van der Waals surface area contributed by atoms with Gasteiger partial charge in [-0.3, -0.25) is 0 Å². The summed E-state index contributed by atoms with van der Waals surface area (Å²) in [6.07, 6.45) is 6.08. The SMILES string of the molecule is Cn1ccnc1[C@@H]1OCCC[C@H]1CNCc1cc(-c2ccccc2)on1. The number of rotatable bonds is 6. The third-order valence-electron chi connectivity index (χ3n) is 4.89. The van der Waals surface area contributed by atoms with Gasteiger partial charge >= 0.3 is 0 Å². The van der Waals surface area contributed by atoms with Crippen LogP contribution in [0.3, 0.4) is 0 Å². The largest absolute Gasteiger partial charge is 0.370 e. The van der Waals surface area contributed by atoms with Gasteiger partial charge < -0.3 is 19.1 Å². The summed E-state index contributed by atoms with van der Waals surface area (Å²) in [5, 5.41) is 7.68. The van der Waals surface area contributed by atoms with E-state index < -0.39 is 0 Å². The van der Waals surface area contributed by atoms with Gasteiger partial charge in [0, 0.05) is 56.7 Å². The molecule has 4 rings (SSSR count). The molecule has 1 N–H and O–H groups in total. The fraction of sp³-hybridized carbons (Fsp3) is 0.400. The predicted molar refractivity (Wildman–Crippen MR) is 98.3 cm³/mol. The lowest BCUT2D eigenvalue weighted by atomic mass is 9.93. The zero-order valence-electron chi connectivity index (χ0n) is 15.0. The number of imidazole rings is 1. The van der Waals surface area contributed by atoms with Crippen LogP contribution in [0.1, 0.15) is 30.5 Å². The number of aromatic nitrogens is 3. The first-order valence-electron chi connectivity index (χ1n) is 9.12. The summed E-state index contributed by atoms with van der Waals surface area (Å²) in [7, 11) is 2.02. The molecule has 0 aliphatic carbocycles. The summed E-state index contributed by atoms with van der Waals surface area (Å²) in [5.74, 6) is 2.21. The molecule has 26 heavy (non-hydrogen) atoms. The normalized spacial score (nSPS) is 20.3. The Kier molecular flexibility index (Phi) is 5.13. The van der Waals surface area contributed by atoms with Crippen molar-refractivity contribution >= 4 is 0 Å². The first kappa shape index (κ1) is 17.0. The number of benzene rings is 1. The minimum absolute atomic E-state index is 0.0495. The van der Waals surface area contributed by atoms with Crippen molar-refractivity contribution in [3.63, 3.8) is 0 Å². The van der Waals surface area contributed by atoms with E-state index in [4.69, 9.17) is 9.26 Å². The molecule has 2 aromatic heterocycles. The summed E-state index contributed by atoms with van der Waals surface area (Å²) >= 11 is 0. The summed E-state index contributed by atoms with van der Waals surface area (Å²) in [4.78, 5) is 4.48. The first-order chi connectivity index (χ1) is 12.8. The molecule has 1 fully saturated rings. The topological polar surface area (TPSA) is 65.1 Å². The molecule has 0 bridgehead atoms. The second-order valence-corrected chi connectivity index (χ2v) is 6.77. The van der Waals surface area contributed by atoms with E-state index in [9.17, 15) is 0 Å². The average Bonchev–Trinajstić information content (AvgIpc) is 3.32. The Morgan fingerprint density at radius 3 is 2.96 bits per heavy atom. The predicted octanol–water partition coefficient (Wildman–Crippen LogP) is 3.33. The minimum atomic E-state index is 0.0495. The molecular weight excluding hydrogens is 328 g/mol. The Labute approximate surface area is 153 Å². The van der Waals surface area contributed by atoms with E-state index in [-0.39, 0.29) is 6.10 Å². The minimum Gasteiger partial charge on any atom is -0.370 e. The summed E-state index contributed by atoms with van der Waals surface area (Å²) in [6.45, 7) is 2.35. The number of nitrogens with zero attached hydrogens (tertiary/aromatic N) is 3. The Morgan fingerprint density at radius 2 is 2.15 bits per heavy atom. The molecule has 1 saturated heterocycles. The van der Waals surface area contributed by atoms with Gasteiger partial charge in [-0.15, -0.1) is 0 Å². The van der Waals surface area contributed by atoms with Crippen molar-refractivity contribution < 1.29 is 9.26 Å². The highest BCUT2D eigenvalue weighted by Crippen LogP contribution is 2.32. The van der Waals surface area contributed by atoms with E-state index in [0.717, 1.165) is 48.8 Å². The molecule has 0 saturated carbocycles.